The molecule has 1 aliphatic heterocycles. The SMILES string of the molecule is CN(C(=O)[C@@H]1[C@H]2CC[C@H](C2)N1c1cc(C(F)(F)F)cc(C(F)(F)F)n1)c1ccc(F)c(F)c1. The van der Waals surface area contributed by atoms with E-state index in [1.54, 1.807) is 0 Å². The molecule has 1 saturated carbocycles. The number of hydrogen-bond donors (Lipinski definition) is 0. The van der Waals surface area contributed by atoms with E-state index in [1.807, 2.05) is 0 Å². The minimum absolute atomic E-state index is 0.00499. The van der Waals surface area contributed by atoms with Gasteiger partial charge < -0.3 is 9.80 Å². The number of nitrogens with zero attached hydrogens (tertiary/aromatic N) is 3. The number of alkyl halides is 6. The van der Waals surface area contributed by atoms with E-state index in [0.717, 1.165) is 23.1 Å². The summed E-state index contributed by atoms with van der Waals surface area (Å²) >= 11 is 0. The zero-order valence-electron chi connectivity index (χ0n) is 17.0. The highest BCUT2D eigenvalue weighted by Gasteiger charge is 2.51. The Labute approximate surface area is 182 Å². The summed E-state index contributed by atoms with van der Waals surface area (Å²) in [4.78, 5) is 18.9. The normalized spacial score (nSPS) is 22.7. The number of carbonyl (C=O) groups excluding carboxylic acids is 1. The molecule has 4 nitrogen and oxygen atoms in total. The van der Waals surface area contributed by atoms with Crippen molar-refractivity contribution >= 4 is 17.4 Å². The number of anilines is 2. The molecule has 1 aliphatic carbocycles. The van der Waals surface area contributed by atoms with E-state index in [2.05, 4.69) is 4.98 Å². The van der Waals surface area contributed by atoms with Crippen LogP contribution < -0.4 is 9.80 Å². The Morgan fingerprint density at radius 2 is 1.70 bits per heavy atom. The lowest BCUT2D eigenvalue weighted by molar-refractivity contribution is -0.145. The lowest BCUT2D eigenvalue weighted by Gasteiger charge is -2.37. The number of likely N-dealkylation sites (N-methyl/N-ethyl adjacent to an activating group) is 1. The van der Waals surface area contributed by atoms with Gasteiger partial charge in [-0.05, 0) is 49.4 Å². The third-order valence-electron chi connectivity index (χ3n) is 6.15. The molecule has 2 fully saturated rings. The number of aromatic nitrogens is 1. The predicted octanol–water partition coefficient (Wildman–Crippen LogP) is 5.42. The molecule has 1 amide bonds. The molecule has 2 aromatic rings. The second-order valence-corrected chi connectivity index (χ2v) is 8.17. The third kappa shape index (κ3) is 4.22. The lowest BCUT2D eigenvalue weighted by Crippen LogP contribution is -2.51. The Kier molecular flexibility index (Phi) is 5.52. The van der Waals surface area contributed by atoms with Gasteiger partial charge in [0.25, 0.3) is 0 Å². The number of hydrogen-bond acceptors (Lipinski definition) is 3. The third-order valence-corrected chi connectivity index (χ3v) is 6.15. The Balaban J connectivity index is 1.75. The van der Waals surface area contributed by atoms with Gasteiger partial charge in [-0.2, -0.15) is 26.3 Å². The van der Waals surface area contributed by atoms with Crippen LogP contribution in [0.5, 0.6) is 0 Å². The van der Waals surface area contributed by atoms with E-state index in [4.69, 9.17) is 0 Å². The van der Waals surface area contributed by atoms with Gasteiger partial charge in [-0.15, -0.1) is 0 Å². The second-order valence-electron chi connectivity index (χ2n) is 8.17. The van der Waals surface area contributed by atoms with Crippen molar-refractivity contribution < 1.29 is 39.9 Å². The Morgan fingerprint density at radius 1 is 1.00 bits per heavy atom. The largest absolute Gasteiger partial charge is 0.433 e. The molecule has 1 aromatic carbocycles. The molecular formula is C21H17F8N3O. The fourth-order valence-electron chi connectivity index (χ4n) is 4.61. The number of piperidine rings is 1. The van der Waals surface area contributed by atoms with E-state index >= 15 is 0 Å². The number of carbonyl (C=O) groups is 1. The van der Waals surface area contributed by atoms with Gasteiger partial charge in [0.1, 0.15) is 17.6 Å². The summed E-state index contributed by atoms with van der Waals surface area (Å²) < 4.78 is 107. The van der Waals surface area contributed by atoms with Crippen LogP contribution in [-0.2, 0) is 17.1 Å². The maximum absolute atomic E-state index is 13.6. The number of halogens is 8. The predicted molar refractivity (Wildman–Crippen MR) is 101 cm³/mol. The zero-order valence-corrected chi connectivity index (χ0v) is 17.0. The minimum atomic E-state index is -5.13. The van der Waals surface area contributed by atoms with Crippen molar-refractivity contribution in [3.8, 4) is 0 Å². The summed E-state index contributed by atoms with van der Waals surface area (Å²) in [5.41, 5.74) is -3.24. The van der Waals surface area contributed by atoms with Crippen LogP contribution in [0.3, 0.4) is 0 Å². The number of rotatable bonds is 3. The Morgan fingerprint density at radius 3 is 2.30 bits per heavy atom. The highest BCUT2D eigenvalue weighted by molar-refractivity contribution is 5.99. The number of pyridine rings is 1. The summed E-state index contributed by atoms with van der Waals surface area (Å²) in [5.74, 6) is -3.93. The summed E-state index contributed by atoms with van der Waals surface area (Å²) in [6.45, 7) is 0. The molecule has 0 spiro atoms. The average Bonchev–Trinajstić information content (AvgIpc) is 3.34. The van der Waals surface area contributed by atoms with Gasteiger partial charge in [-0.1, -0.05) is 0 Å². The van der Waals surface area contributed by atoms with Gasteiger partial charge >= 0.3 is 12.4 Å². The van der Waals surface area contributed by atoms with Crippen molar-refractivity contribution in [1.29, 1.82) is 0 Å². The van der Waals surface area contributed by atoms with Gasteiger partial charge in [0, 0.05) is 24.8 Å². The van der Waals surface area contributed by atoms with E-state index in [-0.39, 0.29) is 17.7 Å². The maximum Gasteiger partial charge on any atom is 0.433 e. The molecule has 2 aliphatic rings. The quantitative estimate of drug-likeness (QED) is 0.552. The van der Waals surface area contributed by atoms with Crippen LogP contribution in [0.15, 0.2) is 30.3 Å². The first-order valence-electron chi connectivity index (χ1n) is 9.95. The van der Waals surface area contributed by atoms with Crippen molar-refractivity contribution in [3.05, 3.63) is 53.2 Å². The fourth-order valence-corrected chi connectivity index (χ4v) is 4.61. The topological polar surface area (TPSA) is 36.4 Å². The highest BCUT2D eigenvalue weighted by atomic mass is 19.4. The summed E-state index contributed by atoms with van der Waals surface area (Å²) in [5, 5.41) is 0. The van der Waals surface area contributed by atoms with E-state index in [0.29, 0.717) is 25.3 Å². The van der Waals surface area contributed by atoms with Crippen LogP contribution in [0.2, 0.25) is 0 Å². The second kappa shape index (κ2) is 7.84. The summed E-state index contributed by atoms with van der Waals surface area (Å²) in [6, 6.07) is 1.62. The van der Waals surface area contributed by atoms with Crippen LogP contribution in [0.25, 0.3) is 0 Å². The summed E-state index contributed by atoms with van der Waals surface area (Å²) in [6.07, 6.45) is -8.77. The molecule has 0 radical (unpaired) electrons. The number of benzene rings is 1. The first-order chi connectivity index (χ1) is 15.3. The van der Waals surface area contributed by atoms with Gasteiger partial charge in [0.2, 0.25) is 5.91 Å². The molecule has 4 rings (SSSR count). The zero-order chi connectivity index (χ0) is 24.3. The molecular weight excluding hydrogens is 462 g/mol. The molecule has 3 atom stereocenters. The van der Waals surface area contributed by atoms with E-state index < -0.39 is 59.1 Å². The Hall–Kier alpha value is -2.92. The van der Waals surface area contributed by atoms with Crippen LogP contribution in [0.4, 0.5) is 46.6 Å². The molecule has 178 valence electrons. The fraction of sp³-hybridized carbons (Fsp3) is 0.429. The smallest absolute Gasteiger partial charge is 0.341 e. The standard InChI is InChI=1S/C21H17F8N3O/c1-31(12-4-5-14(22)15(23)9-12)19(33)18-10-2-3-13(6-10)32(18)17-8-11(20(24,25)26)7-16(30-17)21(27,28)29/h4-5,7-10,13,18H,2-3,6H2,1H3/t10-,13+,18-/m0/s1. The van der Waals surface area contributed by atoms with Crippen LogP contribution >= 0.6 is 0 Å². The summed E-state index contributed by atoms with van der Waals surface area (Å²) in [7, 11) is 1.28. The number of amides is 1. The molecule has 33 heavy (non-hydrogen) atoms. The van der Waals surface area contributed by atoms with Crippen molar-refractivity contribution in [2.45, 2.75) is 43.7 Å². The lowest BCUT2D eigenvalue weighted by atomic mass is 9.97. The van der Waals surface area contributed by atoms with Crippen LogP contribution in [0.1, 0.15) is 30.5 Å². The molecule has 1 saturated heterocycles. The van der Waals surface area contributed by atoms with Crippen LogP contribution in [-0.4, -0.2) is 30.0 Å². The first-order valence-corrected chi connectivity index (χ1v) is 9.95. The van der Waals surface area contributed by atoms with Gasteiger partial charge in [-0.25, -0.2) is 13.8 Å². The Bertz CT molecular complexity index is 1050. The molecule has 0 N–H and O–H groups in total. The van der Waals surface area contributed by atoms with Gasteiger partial charge in [0.05, 0.1) is 5.56 Å². The monoisotopic (exact) mass is 479 g/mol. The van der Waals surface area contributed by atoms with Crippen molar-refractivity contribution in [3.63, 3.8) is 0 Å². The molecule has 1 aromatic heterocycles. The van der Waals surface area contributed by atoms with Gasteiger partial charge in [-0.3, -0.25) is 4.79 Å². The molecule has 12 heteroatoms. The molecule has 0 unspecified atom stereocenters. The average molecular weight is 479 g/mol. The van der Waals surface area contributed by atoms with Crippen LogP contribution in [0, 0.1) is 17.6 Å². The van der Waals surface area contributed by atoms with Crippen molar-refractivity contribution in [2.75, 3.05) is 16.8 Å². The van der Waals surface area contributed by atoms with Crippen molar-refractivity contribution in [2.24, 2.45) is 5.92 Å². The highest BCUT2D eigenvalue weighted by Crippen LogP contribution is 2.47. The first kappa shape index (κ1) is 23.2. The van der Waals surface area contributed by atoms with Crippen molar-refractivity contribution in [1.82, 2.24) is 4.98 Å². The number of fused-ring (bicyclic) bond motifs is 2. The van der Waals surface area contributed by atoms with Gasteiger partial charge in [0.15, 0.2) is 11.6 Å². The van der Waals surface area contributed by atoms with E-state index in [9.17, 15) is 39.9 Å². The van der Waals surface area contributed by atoms with E-state index in [1.165, 1.54) is 11.9 Å². The maximum atomic E-state index is 13.6. The molecule has 2 bridgehead atoms. The minimum Gasteiger partial charge on any atom is -0.341 e. The molecule has 2 heterocycles.